The number of furan rings is 2. The van der Waals surface area contributed by atoms with Gasteiger partial charge in [-0.2, -0.15) is 0 Å². The van der Waals surface area contributed by atoms with E-state index in [4.69, 9.17) is 18.9 Å². The lowest BCUT2D eigenvalue weighted by Gasteiger charge is -2.12. The van der Waals surface area contributed by atoms with Gasteiger partial charge in [-0.25, -0.2) is 9.78 Å². The minimum absolute atomic E-state index is 0.0473. The molecule has 8 heteroatoms. The number of hydrogen-bond acceptors (Lipinski definition) is 6. The van der Waals surface area contributed by atoms with Crippen LogP contribution in [0.4, 0.5) is 0 Å². The molecule has 5 rings (SSSR count). The van der Waals surface area contributed by atoms with Gasteiger partial charge in [-0.05, 0) is 31.2 Å². The number of aromatic carboxylic acids is 1. The fraction of sp³-hybridized carbons (Fsp3) is 0.0870. The van der Waals surface area contributed by atoms with Crippen molar-refractivity contribution in [3.8, 4) is 22.7 Å². The molecule has 0 bridgehead atoms. The molecule has 5 aromatic rings. The zero-order valence-corrected chi connectivity index (χ0v) is 17.2. The van der Waals surface area contributed by atoms with Crippen LogP contribution in [0.5, 0.6) is 0 Å². The van der Waals surface area contributed by atoms with Crippen LogP contribution >= 0.6 is 11.3 Å². The molecule has 1 aromatic carbocycles. The molecule has 0 aliphatic rings. The molecule has 1 N–H and O–H groups in total. The molecule has 0 saturated carbocycles. The summed E-state index contributed by atoms with van der Waals surface area (Å²) in [6.45, 7) is 2.03. The third-order valence-corrected chi connectivity index (χ3v) is 5.85. The number of aryl methyl sites for hydroxylation is 1. The van der Waals surface area contributed by atoms with Crippen LogP contribution in [0.15, 0.2) is 73.8 Å². The third kappa shape index (κ3) is 3.36. The molecular formula is C23H16N2O5S. The van der Waals surface area contributed by atoms with Crippen molar-refractivity contribution in [2.75, 3.05) is 0 Å². The summed E-state index contributed by atoms with van der Waals surface area (Å²) in [5, 5.41) is 11.5. The summed E-state index contributed by atoms with van der Waals surface area (Å²) in [4.78, 5) is 30.2. The minimum atomic E-state index is -1.16. The summed E-state index contributed by atoms with van der Waals surface area (Å²) < 4.78 is 12.4. The van der Waals surface area contributed by atoms with Gasteiger partial charge in [0.1, 0.15) is 22.2 Å². The lowest BCUT2D eigenvalue weighted by Crippen LogP contribution is -2.23. The zero-order chi connectivity index (χ0) is 21.5. The fourth-order valence-corrected chi connectivity index (χ4v) is 4.36. The molecule has 0 unspecified atom stereocenters. The summed E-state index contributed by atoms with van der Waals surface area (Å²) in [7, 11) is 0. The molecule has 4 aromatic heterocycles. The highest BCUT2D eigenvalue weighted by Gasteiger charge is 2.20. The number of carboxylic acids is 1. The largest absolute Gasteiger partial charge is 0.475 e. The smallest absolute Gasteiger partial charge is 0.371 e. The SMILES string of the molecule is Cc1ccc(-c2nc3scc(-c4ccco4)c3c(=O)n2Cc2ccc(C(=O)O)o2)cc1. The Balaban J connectivity index is 1.74. The van der Waals surface area contributed by atoms with Crippen molar-refractivity contribution >= 4 is 27.5 Å². The summed E-state index contributed by atoms with van der Waals surface area (Å²) in [6, 6.07) is 14.2. The quantitative estimate of drug-likeness (QED) is 0.418. The van der Waals surface area contributed by atoms with Crippen LogP contribution in [0.2, 0.25) is 0 Å². The predicted molar refractivity (Wildman–Crippen MR) is 117 cm³/mol. The van der Waals surface area contributed by atoms with E-state index in [0.717, 1.165) is 11.1 Å². The highest BCUT2D eigenvalue weighted by atomic mass is 32.1. The number of hydrogen-bond donors (Lipinski definition) is 1. The first-order valence-corrected chi connectivity index (χ1v) is 10.3. The minimum Gasteiger partial charge on any atom is -0.475 e. The molecule has 154 valence electrons. The molecule has 0 saturated heterocycles. The first-order chi connectivity index (χ1) is 15.0. The number of fused-ring (bicyclic) bond motifs is 1. The number of carboxylic acid groups (broad SMARTS) is 1. The normalized spacial score (nSPS) is 11.3. The molecule has 0 radical (unpaired) electrons. The van der Waals surface area contributed by atoms with Crippen molar-refractivity contribution in [2.45, 2.75) is 13.5 Å². The topological polar surface area (TPSA) is 98.5 Å². The van der Waals surface area contributed by atoms with Crippen molar-refractivity contribution in [1.29, 1.82) is 0 Å². The fourth-order valence-electron chi connectivity index (χ4n) is 3.44. The molecule has 0 fully saturated rings. The van der Waals surface area contributed by atoms with E-state index in [1.54, 1.807) is 24.5 Å². The molecule has 4 heterocycles. The van der Waals surface area contributed by atoms with Crippen LogP contribution in [0, 0.1) is 6.92 Å². The summed E-state index contributed by atoms with van der Waals surface area (Å²) in [6.07, 6.45) is 1.56. The van der Waals surface area contributed by atoms with Crippen molar-refractivity contribution in [3.63, 3.8) is 0 Å². The third-order valence-electron chi connectivity index (χ3n) is 4.98. The Kier molecular flexibility index (Phi) is 4.56. The maximum Gasteiger partial charge on any atom is 0.371 e. The van der Waals surface area contributed by atoms with Gasteiger partial charge in [0, 0.05) is 16.5 Å². The lowest BCUT2D eigenvalue weighted by atomic mass is 10.1. The van der Waals surface area contributed by atoms with Gasteiger partial charge < -0.3 is 13.9 Å². The molecule has 0 atom stereocenters. The van der Waals surface area contributed by atoms with E-state index >= 15 is 0 Å². The Bertz CT molecular complexity index is 1460. The Morgan fingerprint density at radius 3 is 2.65 bits per heavy atom. The standard InChI is InChI=1S/C23H16N2O5S/c1-13-4-6-14(7-5-13)20-24-21-19(16(12-31-21)17-3-2-10-29-17)22(26)25(20)11-15-8-9-18(30-15)23(27)28/h2-10,12H,11H2,1H3,(H,27,28). The van der Waals surface area contributed by atoms with E-state index in [1.807, 2.05) is 36.6 Å². The van der Waals surface area contributed by atoms with Gasteiger partial charge in [-0.1, -0.05) is 29.8 Å². The monoisotopic (exact) mass is 432 g/mol. The molecule has 0 aliphatic heterocycles. The molecule has 0 amide bonds. The van der Waals surface area contributed by atoms with E-state index in [0.29, 0.717) is 33.1 Å². The molecule has 0 spiro atoms. The average Bonchev–Trinajstić information content (AvgIpc) is 3.51. The van der Waals surface area contributed by atoms with Gasteiger partial charge in [-0.3, -0.25) is 9.36 Å². The van der Waals surface area contributed by atoms with Gasteiger partial charge in [0.05, 0.1) is 18.2 Å². The highest BCUT2D eigenvalue weighted by molar-refractivity contribution is 7.17. The zero-order valence-electron chi connectivity index (χ0n) is 16.4. The van der Waals surface area contributed by atoms with E-state index in [2.05, 4.69) is 0 Å². The van der Waals surface area contributed by atoms with E-state index in [-0.39, 0.29) is 17.9 Å². The molecule has 7 nitrogen and oxygen atoms in total. The van der Waals surface area contributed by atoms with Gasteiger partial charge in [0.25, 0.3) is 5.56 Å². The number of rotatable bonds is 5. The second kappa shape index (κ2) is 7.41. The summed E-state index contributed by atoms with van der Waals surface area (Å²) in [5.41, 5.74) is 2.30. The summed E-state index contributed by atoms with van der Waals surface area (Å²) >= 11 is 1.38. The van der Waals surface area contributed by atoms with Crippen LogP contribution in [-0.4, -0.2) is 20.6 Å². The Labute approximate surface area is 179 Å². The predicted octanol–water partition coefficient (Wildman–Crippen LogP) is 5.03. The first-order valence-electron chi connectivity index (χ1n) is 9.46. The van der Waals surface area contributed by atoms with Crippen molar-refractivity contribution < 1.29 is 18.7 Å². The van der Waals surface area contributed by atoms with Crippen molar-refractivity contribution in [1.82, 2.24) is 9.55 Å². The van der Waals surface area contributed by atoms with Gasteiger partial charge >= 0.3 is 5.97 Å². The number of carbonyl (C=O) groups is 1. The first kappa shape index (κ1) is 19.1. The Hall–Kier alpha value is -3.91. The average molecular weight is 432 g/mol. The molecule has 31 heavy (non-hydrogen) atoms. The number of aromatic nitrogens is 2. The highest BCUT2D eigenvalue weighted by Crippen LogP contribution is 2.33. The Morgan fingerprint density at radius 1 is 1.16 bits per heavy atom. The van der Waals surface area contributed by atoms with E-state index in [1.165, 1.54) is 22.0 Å². The van der Waals surface area contributed by atoms with Crippen LogP contribution in [0.3, 0.4) is 0 Å². The van der Waals surface area contributed by atoms with Crippen LogP contribution in [0.25, 0.3) is 32.9 Å². The lowest BCUT2D eigenvalue weighted by molar-refractivity contribution is 0.0660. The van der Waals surface area contributed by atoms with Gasteiger partial charge in [0.2, 0.25) is 5.76 Å². The van der Waals surface area contributed by atoms with Crippen molar-refractivity contribution in [3.05, 3.63) is 87.6 Å². The Morgan fingerprint density at radius 2 is 1.97 bits per heavy atom. The van der Waals surface area contributed by atoms with Crippen LogP contribution in [-0.2, 0) is 6.54 Å². The van der Waals surface area contributed by atoms with E-state index < -0.39 is 5.97 Å². The maximum atomic E-state index is 13.6. The van der Waals surface area contributed by atoms with Crippen LogP contribution in [0.1, 0.15) is 21.9 Å². The maximum absolute atomic E-state index is 13.6. The van der Waals surface area contributed by atoms with Crippen molar-refractivity contribution in [2.24, 2.45) is 0 Å². The number of benzene rings is 1. The van der Waals surface area contributed by atoms with Gasteiger partial charge in [-0.15, -0.1) is 11.3 Å². The van der Waals surface area contributed by atoms with E-state index in [9.17, 15) is 9.59 Å². The number of nitrogens with zero attached hydrogens (tertiary/aromatic N) is 2. The second-order valence-corrected chi connectivity index (χ2v) is 7.93. The van der Waals surface area contributed by atoms with Crippen LogP contribution < -0.4 is 5.56 Å². The molecule has 0 aliphatic carbocycles. The second-order valence-electron chi connectivity index (χ2n) is 7.07. The molecular weight excluding hydrogens is 416 g/mol. The number of thiophene rings is 1. The summed E-state index contributed by atoms with van der Waals surface area (Å²) in [5.74, 6) is 0.0815. The van der Waals surface area contributed by atoms with Gasteiger partial charge in [0.15, 0.2) is 0 Å².